The van der Waals surface area contributed by atoms with E-state index >= 15 is 0 Å². The molecule has 11 aromatic rings. The number of nitrogens with zero attached hydrogens (tertiary/aromatic N) is 1. The van der Waals surface area contributed by atoms with Crippen molar-refractivity contribution in [1.29, 1.82) is 0 Å². The van der Waals surface area contributed by atoms with E-state index in [1.807, 2.05) is 12.1 Å². The zero-order valence-electron chi connectivity index (χ0n) is 34.4. The van der Waals surface area contributed by atoms with Crippen molar-refractivity contribution in [2.75, 3.05) is 4.90 Å². The topological polar surface area (TPSA) is 16.4 Å². The molecule has 2 aliphatic carbocycles. The first kappa shape index (κ1) is 35.5. The van der Waals surface area contributed by atoms with E-state index in [0.29, 0.717) is 0 Å². The van der Waals surface area contributed by atoms with Gasteiger partial charge in [-0.3, -0.25) is 0 Å². The summed E-state index contributed by atoms with van der Waals surface area (Å²) < 4.78 is 6.32. The van der Waals surface area contributed by atoms with Crippen LogP contribution in [-0.2, 0) is 5.41 Å². The Morgan fingerprint density at radius 1 is 0.302 bits per heavy atom. The third-order valence-electron chi connectivity index (χ3n) is 13.5. The maximum atomic E-state index is 6.32. The molecule has 0 fully saturated rings. The van der Waals surface area contributed by atoms with Crippen molar-refractivity contribution < 1.29 is 4.42 Å². The third kappa shape index (κ3) is 5.32. The fraction of sp³-hybridized carbons (Fsp3) is 0.0164. The van der Waals surface area contributed by atoms with Gasteiger partial charge in [-0.15, -0.1) is 0 Å². The molecule has 1 atom stereocenters. The maximum Gasteiger partial charge on any atom is 0.136 e. The van der Waals surface area contributed by atoms with Gasteiger partial charge >= 0.3 is 0 Å². The van der Waals surface area contributed by atoms with Crippen LogP contribution in [0.25, 0.3) is 77.6 Å². The quantitative estimate of drug-likeness (QED) is 0.167. The van der Waals surface area contributed by atoms with Crippen LogP contribution in [0.4, 0.5) is 17.1 Å². The van der Waals surface area contributed by atoms with Crippen LogP contribution < -0.4 is 4.90 Å². The van der Waals surface area contributed by atoms with E-state index in [4.69, 9.17) is 4.42 Å². The van der Waals surface area contributed by atoms with E-state index < -0.39 is 5.41 Å². The molecular formula is C61H39NO. The van der Waals surface area contributed by atoms with Crippen molar-refractivity contribution in [2.24, 2.45) is 0 Å². The average Bonchev–Trinajstić information content (AvgIpc) is 3.99. The normalized spacial score (nSPS) is 14.4. The van der Waals surface area contributed by atoms with Crippen LogP contribution in [0, 0.1) is 0 Å². The van der Waals surface area contributed by atoms with Gasteiger partial charge in [-0.05, 0) is 127 Å². The van der Waals surface area contributed by atoms with Gasteiger partial charge in [-0.2, -0.15) is 0 Å². The predicted octanol–water partition coefficient (Wildman–Crippen LogP) is 16.4. The van der Waals surface area contributed by atoms with Gasteiger partial charge in [0.25, 0.3) is 0 Å². The molecule has 1 unspecified atom stereocenters. The Labute approximate surface area is 366 Å². The molecule has 294 valence electrons. The minimum absolute atomic E-state index is 0.505. The van der Waals surface area contributed by atoms with Gasteiger partial charge in [0.05, 0.1) is 11.1 Å². The number of fused-ring (bicyclic) bond motifs is 13. The summed E-state index contributed by atoms with van der Waals surface area (Å²) >= 11 is 0. The smallest absolute Gasteiger partial charge is 0.136 e. The standard InChI is InChI=1S/C61H39NO/c1-3-15-40(16-4-1)43-19-13-20-47(37-43)62(46-33-29-42(30-34-46)45-32-36-51-50-22-9-12-28-58(50)63-59(51)39-45)57-27-14-26-55-60(57)52-23-8-11-25-54(52)61(55)53-24-10-7-21-48(53)49-35-31-44(38-56(49)61)41-17-5-2-6-18-41/h1-39H. The molecule has 1 heterocycles. The number of hydrogen-bond donors (Lipinski definition) is 0. The predicted molar refractivity (Wildman–Crippen MR) is 261 cm³/mol. The van der Waals surface area contributed by atoms with Gasteiger partial charge in [0.15, 0.2) is 0 Å². The second-order valence-electron chi connectivity index (χ2n) is 16.8. The highest BCUT2D eigenvalue weighted by Crippen LogP contribution is 2.65. The molecule has 0 saturated heterocycles. The number of furan rings is 1. The number of benzene rings is 10. The second kappa shape index (κ2) is 13.9. The maximum absolute atomic E-state index is 6.32. The van der Waals surface area contributed by atoms with Gasteiger partial charge in [-0.25, -0.2) is 0 Å². The lowest BCUT2D eigenvalue weighted by Gasteiger charge is -2.32. The summed E-state index contributed by atoms with van der Waals surface area (Å²) in [7, 11) is 0. The Balaban J connectivity index is 1.03. The largest absolute Gasteiger partial charge is 0.456 e. The van der Waals surface area contributed by atoms with Gasteiger partial charge in [-0.1, -0.05) is 182 Å². The summed E-state index contributed by atoms with van der Waals surface area (Å²) in [5.74, 6) is 0. The molecule has 1 spiro atoms. The molecule has 0 N–H and O–H groups in total. The van der Waals surface area contributed by atoms with E-state index in [9.17, 15) is 0 Å². The Morgan fingerprint density at radius 3 is 1.63 bits per heavy atom. The lowest BCUT2D eigenvalue weighted by molar-refractivity contribution is 0.669. The zero-order chi connectivity index (χ0) is 41.5. The Hall–Kier alpha value is -8.20. The molecule has 1 aromatic heterocycles. The molecule has 0 aliphatic heterocycles. The van der Waals surface area contributed by atoms with Gasteiger partial charge in [0.2, 0.25) is 0 Å². The van der Waals surface area contributed by atoms with E-state index in [0.717, 1.165) is 50.1 Å². The molecule has 0 radical (unpaired) electrons. The van der Waals surface area contributed by atoms with E-state index in [2.05, 4.69) is 229 Å². The monoisotopic (exact) mass is 801 g/mol. The molecule has 0 saturated carbocycles. The number of rotatable bonds is 6. The lowest BCUT2D eigenvalue weighted by Crippen LogP contribution is -2.26. The minimum Gasteiger partial charge on any atom is -0.456 e. The summed E-state index contributed by atoms with van der Waals surface area (Å²) in [6.45, 7) is 0. The molecular weight excluding hydrogens is 763 g/mol. The highest BCUT2D eigenvalue weighted by atomic mass is 16.3. The van der Waals surface area contributed by atoms with Crippen molar-refractivity contribution in [3.8, 4) is 55.6 Å². The van der Waals surface area contributed by atoms with E-state index in [-0.39, 0.29) is 0 Å². The second-order valence-corrected chi connectivity index (χ2v) is 16.8. The van der Waals surface area contributed by atoms with Crippen LogP contribution in [0.3, 0.4) is 0 Å². The third-order valence-corrected chi connectivity index (χ3v) is 13.5. The molecule has 10 aromatic carbocycles. The molecule has 2 nitrogen and oxygen atoms in total. The molecule has 2 heteroatoms. The fourth-order valence-electron chi connectivity index (χ4n) is 10.8. The first-order chi connectivity index (χ1) is 31.2. The number of para-hydroxylation sites is 1. The van der Waals surface area contributed by atoms with Crippen LogP contribution in [0.5, 0.6) is 0 Å². The van der Waals surface area contributed by atoms with Gasteiger partial charge in [0, 0.05) is 27.7 Å². The van der Waals surface area contributed by atoms with E-state index in [1.54, 1.807) is 0 Å². The van der Waals surface area contributed by atoms with Crippen LogP contribution in [0.15, 0.2) is 241 Å². The number of hydrogen-bond acceptors (Lipinski definition) is 2. The summed E-state index contributed by atoms with van der Waals surface area (Å²) in [5.41, 5.74) is 22.1. The van der Waals surface area contributed by atoms with Gasteiger partial charge < -0.3 is 9.32 Å². The average molecular weight is 802 g/mol. The summed E-state index contributed by atoms with van der Waals surface area (Å²) in [6.07, 6.45) is 0. The summed E-state index contributed by atoms with van der Waals surface area (Å²) in [6, 6.07) is 86.6. The molecule has 0 amide bonds. The molecule has 0 bridgehead atoms. The fourth-order valence-corrected chi connectivity index (χ4v) is 10.8. The van der Waals surface area contributed by atoms with E-state index in [1.165, 1.54) is 66.8 Å². The SMILES string of the molecule is c1ccc(-c2cccc(N(c3ccc(-c4ccc5c(c4)oc4ccccc45)cc3)c3cccc4c3-c3ccccc3C43c4ccccc4-c4ccc(-c5ccccc5)cc43)c2)cc1. The Bertz CT molecular complexity index is 3570. The minimum atomic E-state index is -0.505. The zero-order valence-corrected chi connectivity index (χ0v) is 34.4. The Morgan fingerprint density at radius 2 is 0.841 bits per heavy atom. The highest BCUT2D eigenvalue weighted by Gasteiger charge is 2.52. The molecule has 63 heavy (non-hydrogen) atoms. The first-order valence-electron chi connectivity index (χ1n) is 21.7. The van der Waals surface area contributed by atoms with Crippen LogP contribution >= 0.6 is 0 Å². The Kier molecular flexibility index (Phi) is 7.85. The van der Waals surface area contributed by atoms with Crippen molar-refractivity contribution in [3.05, 3.63) is 259 Å². The summed E-state index contributed by atoms with van der Waals surface area (Å²) in [4.78, 5) is 2.47. The molecule has 13 rings (SSSR count). The van der Waals surface area contributed by atoms with Crippen LogP contribution in [0.2, 0.25) is 0 Å². The highest BCUT2D eigenvalue weighted by molar-refractivity contribution is 6.06. The van der Waals surface area contributed by atoms with Crippen molar-refractivity contribution >= 4 is 39.0 Å². The first-order valence-corrected chi connectivity index (χ1v) is 21.7. The van der Waals surface area contributed by atoms with Crippen LogP contribution in [0.1, 0.15) is 22.3 Å². The molecule has 2 aliphatic rings. The van der Waals surface area contributed by atoms with Gasteiger partial charge in [0.1, 0.15) is 11.2 Å². The van der Waals surface area contributed by atoms with Crippen molar-refractivity contribution in [3.63, 3.8) is 0 Å². The van der Waals surface area contributed by atoms with Crippen LogP contribution in [-0.4, -0.2) is 0 Å². The lowest BCUT2D eigenvalue weighted by atomic mass is 9.70. The van der Waals surface area contributed by atoms with Crippen molar-refractivity contribution in [2.45, 2.75) is 5.41 Å². The summed E-state index contributed by atoms with van der Waals surface area (Å²) in [5, 5.41) is 2.28. The van der Waals surface area contributed by atoms with Crippen molar-refractivity contribution in [1.82, 2.24) is 0 Å². The number of anilines is 3.